The summed E-state index contributed by atoms with van der Waals surface area (Å²) in [5.41, 5.74) is 5.37. The van der Waals surface area contributed by atoms with Crippen LogP contribution in [0, 0.1) is 17.2 Å². The van der Waals surface area contributed by atoms with Crippen molar-refractivity contribution in [1.82, 2.24) is 10.6 Å². The van der Waals surface area contributed by atoms with Crippen molar-refractivity contribution in [3.63, 3.8) is 0 Å². The van der Waals surface area contributed by atoms with Crippen LogP contribution in [-0.4, -0.2) is 24.1 Å². The quantitative estimate of drug-likeness (QED) is 0.383. The molecule has 34 heavy (non-hydrogen) atoms. The van der Waals surface area contributed by atoms with Gasteiger partial charge in [-0.3, -0.25) is 9.59 Å². The molecular weight excluding hydrogens is 422 g/mol. The van der Waals surface area contributed by atoms with Crippen molar-refractivity contribution in [2.24, 2.45) is 11.8 Å². The summed E-state index contributed by atoms with van der Waals surface area (Å²) in [6, 6.07) is 16.2. The van der Waals surface area contributed by atoms with Gasteiger partial charge in [0.2, 0.25) is 5.91 Å². The molecule has 5 nitrogen and oxygen atoms in total. The van der Waals surface area contributed by atoms with Crippen LogP contribution < -0.4 is 10.6 Å². The third kappa shape index (κ3) is 5.36. The highest BCUT2D eigenvalue weighted by molar-refractivity contribution is 6.01. The van der Waals surface area contributed by atoms with E-state index in [0.29, 0.717) is 17.2 Å². The first kappa shape index (κ1) is 23.7. The SMILES string of the molecule is CC1NC(=O)C2=Cc3ccc(C(=O)NC(C=N)=CCCCCc4ccccc4)cc3CC2C1C. The van der Waals surface area contributed by atoms with E-state index in [2.05, 4.69) is 41.8 Å². The van der Waals surface area contributed by atoms with Gasteiger partial charge >= 0.3 is 0 Å². The number of amides is 2. The zero-order chi connectivity index (χ0) is 24.1. The zero-order valence-electron chi connectivity index (χ0n) is 19.9. The average Bonchev–Trinajstić information content (AvgIpc) is 2.85. The smallest absolute Gasteiger partial charge is 0.255 e. The molecule has 0 bridgehead atoms. The maximum absolute atomic E-state index is 12.9. The fraction of sp³-hybridized carbons (Fsp3) is 0.345. The highest BCUT2D eigenvalue weighted by Gasteiger charge is 2.37. The fourth-order valence-electron chi connectivity index (χ4n) is 4.88. The minimum absolute atomic E-state index is 0.0209. The van der Waals surface area contributed by atoms with Gasteiger partial charge in [0.25, 0.3) is 5.91 Å². The van der Waals surface area contributed by atoms with E-state index in [4.69, 9.17) is 5.41 Å². The van der Waals surface area contributed by atoms with E-state index in [1.807, 2.05) is 37.3 Å². The topological polar surface area (TPSA) is 82.1 Å². The van der Waals surface area contributed by atoms with Crippen molar-refractivity contribution >= 4 is 24.1 Å². The second-order valence-corrected chi connectivity index (χ2v) is 9.43. The predicted octanol–water partition coefficient (Wildman–Crippen LogP) is 5.07. The predicted molar refractivity (Wildman–Crippen MR) is 137 cm³/mol. The Balaban J connectivity index is 1.37. The second kappa shape index (κ2) is 10.6. The van der Waals surface area contributed by atoms with Crippen molar-refractivity contribution in [3.05, 3.63) is 88.1 Å². The van der Waals surface area contributed by atoms with Gasteiger partial charge in [-0.2, -0.15) is 0 Å². The summed E-state index contributed by atoms with van der Waals surface area (Å²) in [5, 5.41) is 13.6. The molecule has 3 unspecified atom stereocenters. The molecule has 2 amide bonds. The highest BCUT2D eigenvalue weighted by Crippen LogP contribution is 2.37. The number of carbonyl (C=O) groups excluding carboxylic acids is 2. The van der Waals surface area contributed by atoms with Gasteiger partial charge in [-0.15, -0.1) is 0 Å². The van der Waals surface area contributed by atoms with E-state index in [-0.39, 0.29) is 23.8 Å². The van der Waals surface area contributed by atoms with Crippen molar-refractivity contribution in [2.45, 2.75) is 52.0 Å². The van der Waals surface area contributed by atoms with Crippen LogP contribution in [0.3, 0.4) is 0 Å². The summed E-state index contributed by atoms with van der Waals surface area (Å²) >= 11 is 0. The number of fused-ring (bicyclic) bond motifs is 2. The van der Waals surface area contributed by atoms with Gasteiger partial charge in [-0.1, -0.05) is 49.4 Å². The first-order chi connectivity index (χ1) is 16.5. The molecule has 2 aromatic carbocycles. The standard InChI is InChI=1S/C29H33N3O2/c1-19-20(2)31-29(34)27-16-22-13-14-23(15-24(22)17-26(19)27)28(33)32-25(18-30)12-8-4-7-11-21-9-5-3-6-10-21/h3,5-6,9-10,12-16,18-20,26,30H,4,7-8,11,17H2,1-2H3,(H,31,34)(H,32,33). The van der Waals surface area contributed by atoms with E-state index in [9.17, 15) is 9.59 Å². The summed E-state index contributed by atoms with van der Waals surface area (Å²) < 4.78 is 0. The van der Waals surface area contributed by atoms with Crippen molar-refractivity contribution in [3.8, 4) is 0 Å². The van der Waals surface area contributed by atoms with E-state index in [1.165, 1.54) is 11.8 Å². The minimum Gasteiger partial charge on any atom is -0.350 e. The van der Waals surface area contributed by atoms with Crippen LogP contribution in [0.1, 0.15) is 60.2 Å². The molecule has 0 aromatic heterocycles. The third-order valence-corrected chi connectivity index (χ3v) is 7.14. The molecule has 1 saturated heterocycles. The number of rotatable bonds is 8. The van der Waals surface area contributed by atoms with Crippen LogP contribution in [0.25, 0.3) is 6.08 Å². The van der Waals surface area contributed by atoms with Crippen LogP contribution in [0.15, 0.2) is 65.9 Å². The number of nitrogens with one attached hydrogen (secondary N) is 3. The van der Waals surface area contributed by atoms with Gasteiger partial charge in [-0.25, -0.2) is 0 Å². The summed E-state index contributed by atoms with van der Waals surface area (Å²) in [4.78, 5) is 25.3. The van der Waals surface area contributed by atoms with E-state index < -0.39 is 0 Å². The molecule has 1 heterocycles. The molecule has 2 aliphatic rings. The molecule has 4 rings (SSSR count). The molecule has 5 heteroatoms. The second-order valence-electron chi connectivity index (χ2n) is 9.43. The molecule has 3 N–H and O–H groups in total. The maximum atomic E-state index is 12.9. The minimum atomic E-state index is -0.209. The largest absolute Gasteiger partial charge is 0.350 e. The lowest BCUT2D eigenvalue weighted by Gasteiger charge is -2.38. The molecular formula is C29H33N3O2. The lowest BCUT2D eigenvalue weighted by atomic mass is 9.71. The van der Waals surface area contributed by atoms with Gasteiger partial charge < -0.3 is 16.0 Å². The Bertz CT molecular complexity index is 1130. The van der Waals surface area contributed by atoms with Gasteiger partial charge in [0.05, 0.1) is 5.70 Å². The summed E-state index contributed by atoms with van der Waals surface area (Å²) in [7, 11) is 0. The van der Waals surface area contributed by atoms with Gasteiger partial charge in [0.15, 0.2) is 0 Å². The Hall–Kier alpha value is -3.47. The van der Waals surface area contributed by atoms with Crippen molar-refractivity contribution in [2.75, 3.05) is 0 Å². The number of hydrogen-bond acceptors (Lipinski definition) is 3. The van der Waals surface area contributed by atoms with Crippen LogP contribution in [-0.2, 0) is 17.6 Å². The molecule has 1 aliphatic heterocycles. The third-order valence-electron chi connectivity index (χ3n) is 7.14. The maximum Gasteiger partial charge on any atom is 0.255 e. The first-order valence-electron chi connectivity index (χ1n) is 12.2. The Labute approximate surface area is 201 Å². The van der Waals surface area contributed by atoms with Gasteiger partial charge in [0.1, 0.15) is 0 Å². The number of allylic oxidation sites excluding steroid dienone is 2. The van der Waals surface area contributed by atoms with Crippen LogP contribution in [0.4, 0.5) is 0 Å². The van der Waals surface area contributed by atoms with E-state index >= 15 is 0 Å². The summed E-state index contributed by atoms with van der Waals surface area (Å²) in [5.74, 6) is 0.318. The summed E-state index contributed by atoms with van der Waals surface area (Å²) in [6.07, 6.45) is 9.77. The average molecular weight is 456 g/mol. The molecule has 1 fully saturated rings. The highest BCUT2D eigenvalue weighted by atomic mass is 16.2. The Morgan fingerprint density at radius 1 is 1.15 bits per heavy atom. The number of benzene rings is 2. The molecule has 1 aliphatic carbocycles. The zero-order valence-corrected chi connectivity index (χ0v) is 19.9. The fourth-order valence-corrected chi connectivity index (χ4v) is 4.88. The Morgan fingerprint density at radius 2 is 1.94 bits per heavy atom. The van der Waals surface area contributed by atoms with Gasteiger partial charge in [-0.05, 0) is 85.8 Å². The van der Waals surface area contributed by atoms with Crippen LogP contribution >= 0.6 is 0 Å². The molecule has 2 aromatic rings. The van der Waals surface area contributed by atoms with Crippen LogP contribution in [0.2, 0.25) is 0 Å². The van der Waals surface area contributed by atoms with E-state index in [0.717, 1.165) is 48.8 Å². The Morgan fingerprint density at radius 3 is 2.71 bits per heavy atom. The van der Waals surface area contributed by atoms with Crippen molar-refractivity contribution < 1.29 is 9.59 Å². The first-order valence-corrected chi connectivity index (χ1v) is 12.2. The van der Waals surface area contributed by atoms with Gasteiger partial charge in [0, 0.05) is 23.4 Å². The number of hydrogen-bond donors (Lipinski definition) is 3. The Kier molecular flexibility index (Phi) is 7.41. The lowest BCUT2D eigenvalue weighted by molar-refractivity contribution is -0.120. The normalized spacial score (nSPS) is 21.6. The molecule has 0 radical (unpaired) electrons. The number of piperidine rings is 1. The number of aryl methyl sites for hydroxylation is 1. The molecule has 0 spiro atoms. The molecule has 176 valence electrons. The molecule has 0 saturated carbocycles. The molecule has 3 atom stereocenters. The van der Waals surface area contributed by atoms with Crippen molar-refractivity contribution in [1.29, 1.82) is 5.41 Å². The lowest BCUT2D eigenvalue weighted by Crippen LogP contribution is -2.49. The number of carbonyl (C=O) groups is 2. The number of unbranched alkanes of at least 4 members (excludes halogenated alkanes) is 2. The monoisotopic (exact) mass is 455 g/mol. The van der Waals surface area contributed by atoms with E-state index in [1.54, 1.807) is 6.07 Å². The van der Waals surface area contributed by atoms with Crippen LogP contribution in [0.5, 0.6) is 0 Å². The summed E-state index contributed by atoms with van der Waals surface area (Å²) in [6.45, 7) is 4.22.